The van der Waals surface area contributed by atoms with Crippen molar-refractivity contribution in [2.24, 2.45) is 21.1 Å². The molecule has 3 heteroatoms. The maximum atomic E-state index is 2.38. The highest BCUT2D eigenvalue weighted by atomic mass is 14.9. The Labute approximate surface area is 256 Å². The normalized spacial score (nSPS) is 12.2. The summed E-state index contributed by atoms with van der Waals surface area (Å²) in [6.45, 7) is 4.34. The predicted molar refractivity (Wildman–Crippen MR) is 189 cm³/mol. The van der Waals surface area contributed by atoms with E-state index >= 15 is 0 Å². The first kappa shape index (κ1) is 25.2. The quantitative estimate of drug-likeness (QED) is 0.197. The van der Waals surface area contributed by atoms with Crippen molar-refractivity contribution in [3.8, 4) is 22.3 Å². The highest BCUT2D eigenvalue weighted by Crippen LogP contribution is 2.38. The first-order valence-electron chi connectivity index (χ1n) is 15.4. The second kappa shape index (κ2) is 8.87. The largest absolute Gasteiger partial charge is 0.344 e. The molecule has 0 amide bonds. The minimum absolute atomic E-state index is 1.24. The van der Waals surface area contributed by atoms with Gasteiger partial charge in [-0.25, -0.2) is 0 Å². The average molecular weight is 568 g/mol. The van der Waals surface area contributed by atoms with E-state index in [2.05, 4.69) is 158 Å². The van der Waals surface area contributed by atoms with Gasteiger partial charge in [-0.2, -0.15) is 0 Å². The summed E-state index contributed by atoms with van der Waals surface area (Å²) in [5.74, 6) is 0. The molecule has 0 radical (unpaired) electrons. The van der Waals surface area contributed by atoms with Crippen LogP contribution in [0, 0.1) is 13.8 Å². The van der Waals surface area contributed by atoms with Gasteiger partial charge in [0.2, 0.25) is 0 Å². The van der Waals surface area contributed by atoms with Crippen LogP contribution >= 0.6 is 0 Å². The van der Waals surface area contributed by atoms with Crippen molar-refractivity contribution in [2.45, 2.75) is 13.8 Å². The molecule has 0 aliphatic rings. The molecule has 0 spiro atoms. The monoisotopic (exact) mass is 567 g/mol. The Bertz CT molecular complexity index is 2470. The lowest BCUT2D eigenvalue weighted by Crippen LogP contribution is -1.87. The van der Waals surface area contributed by atoms with Crippen LogP contribution < -0.4 is 0 Å². The van der Waals surface area contributed by atoms with Gasteiger partial charge in [0, 0.05) is 86.6 Å². The van der Waals surface area contributed by atoms with Gasteiger partial charge in [0.15, 0.2) is 0 Å². The molecule has 0 atom stereocenters. The van der Waals surface area contributed by atoms with Crippen molar-refractivity contribution in [2.75, 3.05) is 0 Å². The third-order valence-electron chi connectivity index (χ3n) is 10.00. The molecule has 0 N–H and O–H groups in total. The van der Waals surface area contributed by atoms with E-state index < -0.39 is 0 Å². The van der Waals surface area contributed by atoms with Crippen LogP contribution in [0.15, 0.2) is 109 Å². The van der Waals surface area contributed by atoms with Gasteiger partial charge in [0.1, 0.15) is 0 Å². The van der Waals surface area contributed by atoms with Crippen LogP contribution in [-0.4, -0.2) is 13.7 Å². The highest BCUT2D eigenvalue weighted by Gasteiger charge is 2.15. The zero-order chi connectivity index (χ0) is 29.9. The second-order valence-electron chi connectivity index (χ2n) is 12.6. The van der Waals surface area contributed by atoms with Crippen molar-refractivity contribution < 1.29 is 0 Å². The van der Waals surface area contributed by atoms with Gasteiger partial charge in [0.25, 0.3) is 0 Å². The molecule has 3 nitrogen and oxygen atoms in total. The Hall–Kier alpha value is -5.28. The van der Waals surface area contributed by atoms with Gasteiger partial charge in [-0.05, 0) is 109 Å². The SMILES string of the molecule is Cc1ccc2c(c1)c1cc(-c3ccc4c(c3)c3cc(-c5ccc6c(c5)c5cc(C)ccc5n6C)ccc3n4C)ccc1n2C. The summed E-state index contributed by atoms with van der Waals surface area (Å²) in [4.78, 5) is 0. The Morgan fingerprint density at radius 1 is 0.295 bits per heavy atom. The summed E-state index contributed by atoms with van der Waals surface area (Å²) < 4.78 is 6.94. The van der Waals surface area contributed by atoms with Gasteiger partial charge in [-0.1, -0.05) is 47.5 Å². The number of nitrogens with zero attached hydrogens (tertiary/aromatic N) is 3. The van der Waals surface area contributed by atoms with E-state index in [1.54, 1.807) is 0 Å². The smallest absolute Gasteiger partial charge is 0.0489 e. The predicted octanol–water partition coefficient (Wildman–Crippen LogP) is 10.6. The topological polar surface area (TPSA) is 14.8 Å². The fourth-order valence-corrected chi connectivity index (χ4v) is 7.60. The molecule has 212 valence electrons. The summed E-state index contributed by atoms with van der Waals surface area (Å²) in [5.41, 5.74) is 15.2. The molecule has 0 aliphatic heterocycles. The Balaban J connectivity index is 1.22. The fourth-order valence-electron chi connectivity index (χ4n) is 7.60. The first-order chi connectivity index (χ1) is 21.4. The number of rotatable bonds is 2. The summed E-state index contributed by atoms with van der Waals surface area (Å²) in [5, 5.41) is 7.83. The first-order valence-corrected chi connectivity index (χ1v) is 15.4. The standard InChI is InChI=1S/C41H33N3/c1-24-6-12-36-30(18-24)32-20-26(8-14-38(32)42(36)3)28-10-16-40-34(22-28)35-23-29(11-17-41(35)44(40)5)27-9-15-39-33(21-27)31-19-25(2)7-13-37(31)43(39)4/h6-23H,1-5H3. The number of hydrogen-bond acceptors (Lipinski definition) is 0. The van der Waals surface area contributed by atoms with E-state index in [1.165, 1.54) is 98.8 Å². The Morgan fingerprint density at radius 3 is 0.795 bits per heavy atom. The molecule has 0 saturated carbocycles. The second-order valence-corrected chi connectivity index (χ2v) is 12.6. The molecular weight excluding hydrogens is 534 g/mol. The molecule has 6 aromatic carbocycles. The van der Waals surface area contributed by atoms with E-state index in [0.29, 0.717) is 0 Å². The zero-order valence-electron chi connectivity index (χ0n) is 25.7. The third kappa shape index (κ3) is 3.44. The molecule has 44 heavy (non-hydrogen) atoms. The number of fused-ring (bicyclic) bond motifs is 9. The molecule has 3 heterocycles. The van der Waals surface area contributed by atoms with Crippen LogP contribution in [0.2, 0.25) is 0 Å². The van der Waals surface area contributed by atoms with E-state index in [0.717, 1.165) is 0 Å². The van der Waals surface area contributed by atoms with Crippen LogP contribution in [-0.2, 0) is 21.1 Å². The van der Waals surface area contributed by atoms with E-state index in [9.17, 15) is 0 Å². The van der Waals surface area contributed by atoms with Gasteiger partial charge < -0.3 is 13.7 Å². The van der Waals surface area contributed by atoms with Crippen LogP contribution in [0.4, 0.5) is 0 Å². The lowest BCUT2D eigenvalue weighted by atomic mass is 9.98. The lowest BCUT2D eigenvalue weighted by molar-refractivity contribution is 1.01. The average Bonchev–Trinajstić information content (AvgIpc) is 3.60. The molecule has 0 aliphatic carbocycles. The van der Waals surface area contributed by atoms with Crippen LogP contribution in [0.1, 0.15) is 11.1 Å². The van der Waals surface area contributed by atoms with Crippen molar-refractivity contribution >= 4 is 65.4 Å². The van der Waals surface area contributed by atoms with Crippen molar-refractivity contribution in [1.29, 1.82) is 0 Å². The van der Waals surface area contributed by atoms with Gasteiger partial charge >= 0.3 is 0 Å². The van der Waals surface area contributed by atoms with Crippen LogP contribution in [0.25, 0.3) is 87.7 Å². The van der Waals surface area contributed by atoms with E-state index in [1.807, 2.05) is 0 Å². The number of aromatic nitrogens is 3. The van der Waals surface area contributed by atoms with E-state index in [-0.39, 0.29) is 0 Å². The van der Waals surface area contributed by atoms with Crippen LogP contribution in [0.3, 0.4) is 0 Å². The maximum Gasteiger partial charge on any atom is 0.0489 e. The van der Waals surface area contributed by atoms with Crippen molar-refractivity contribution in [3.63, 3.8) is 0 Å². The lowest BCUT2D eigenvalue weighted by Gasteiger charge is -2.06. The van der Waals surface area contributed by atoms with E-state index in [4.69, 9.17) is 0 Å². The molecule has 0 saturated heterocycles. The molecule has 9 rings (SSSR count). The van der Waals surface area contributed by atoms with Crippen molar-refractivity contribution in [1.82, 2.24) is 13.7 Å². The van der Waals surface area contributed by atoms with Crippen molar-refractivity contribution in [3.05, 3.63) is 120 Å². The molecule has 0 bridgehead atoms. The van der Waals surface area contributed by atoms with Gasteiger partial charge in [-0.15, -0.1) is 0 Å². The molecule has 3 aromatic heterocycles. The number of aryl methyl sites for hydroxylation is 5. The maximum absolute atomic E-state index is 2.38. The Kier molecular flexibility index (Phi) is 5.09. The summed E-state index contributed by atoms with van der Waals surface area (Å²) >= 11 is 0. The molecule has 0 fully saturated rings. The van der Waals surface area contributed by atoms with Gasteiger partial charge in [0.05, 0.1) is 0 Å². The molecule has 0 unspecified atom stereocenters. The minimum Gasteiger partial charge on any atom is -0.344 e. The Morgan fingerprint density at radius 2 is 0.523 bits per heavy atom. The van der Waals surface area contributed by atoms with Crippen LogP contribution in [0.5, 0.6) is 0 Å². The fraction of sp³-hybridized carbons (Fsp3) is 0.122. The molecular formula is C41H33N3. The van der Waals surface area contributed by atoms with Gasteiger partial charge in [-0.3, -0.25) is 0 Å². The number of hydrogen-bond donors (Lipinski definition) is 0. The third-order valence-corrected chi connectivity index (χ3v) is 10.00. The summed E-state index contributed by atoms with van der Waals surface area (Å²) in [6.07, 6.45) is 0. The zero-order valence-corrected chi connectivity index (χ0v) is 25.7. The summed E-state index contributed by atoms with van der Waals surface area (Å²) in [7, 11) is 6.51. The molecule has 9 aromatic rings. The summed E-state index contributed by atoms with van der Waals surface area (Å²) in [6, 6.07) is 41.2. The highest BCUT2D eigenvalue weighted by molar-refractivity contribution is 6.13. The number of benzene rings is 6. The minimum atomic E-state index is 1.24.